The first-order chi connectivity index (χ1) is 11.5. The van der Waals surface area contributed by atoms with E-state index in [4.69, 9.17) is 4.42 Å². The lowest BCUT2D eigenvalue weighted by molar-refractivity contribution is -0.149. The van der Waals surface area contributed by atoms with Gasteiger partial charge in [0.15, 0.2) is 11.5 Å². The maximum absolute atomic E-state index is 12.7. The zero-order valence-electron chi connectivity index (χ0n) is 13.4. The second-order valence-corrected chi connectivity index (χ2v) is 6.81. The molecule has 1 saturated carbocycles. The Labute approximate surface area is 138 Å². The van der Waals surface area contributed by atoms with Gasteiger partial charge in [0.1, 0.15) is 11.5 Å². The van der Waals surface area contributed by atoms with Crippen LogP contribution in [0, 0.1) is 18.3 Å². The third-order valence-corrected chi connectivity index (χ3v) is 5.39. The Morgan fingerprint density at radius 1 is 1.46 bits per heavy atom. The van der Waals surface area contributed by atoms with Crippen molar-refractivity contribution < 1.29 is 19.1 Å². The van der Waals surface area contributed by atoms with Crippen LogP contribution in [-0.2, 0) is 4.79 Å². The van der Waals surface area contributed by atoms with Crippen LogP contribution in [0.4, 0.5) is 0 Å². The zero-order valence-corrected chi connectivity index (χ0v) is 13.4. The molecule has 24 heavy (non-hydrogen) atoms. The summed E-state index contributed by atoms with van der Waals surface area (Å²) in [6.45, 7) is 2.61. The van der Waals surface area contributed by atoms with Crippen LogP contribution in [0.25, 0.3) is 11.5 Å². The van der Waals surface area contributed by atoms with E-state index in [0.29, 0.717) is 30.1 Å². The van der Waals surface area contributed by atoms with Crippen molar-refractivity contribution in [2.45, 2.75) is 26.2 Å². The van der Waals surface area contributed by atoms with Crippen LogP contribution in [0.5, 0.6) is 0 Å². The van der Waals surface area contributed by atoms with Crippen molar-refractivity contribution in [3.63, 3.8) is 0 Å². The predicted octanol–water partition coefficient (Wildman–Crippen LogP) is 2.31. The second-order valence-electron chi connectivity index (χ2n) is 6.81. The van der Waals surface area contributed by atoms with Gasteiger partial charge >= 0.3 is 5.97 Å². The topological polar surface area (TPSA) is 99.4 Å². The van der Waals surface area contributed by atoms with Crippen molar-refractivity contribution >= 4 is 11.9 Å². The third-order valence-electron chi connectivity index (χ3n) is 5.39. The third kappa shape index (κ3) is 2.15. The summed E-state index contributed by atoms with van der Waals surface area (Å²) in [7, 11) is 0. The summed E-state index contributed by atoms with van der Waals surface area (Å²) in [5.74, 6) is 0.442. The highest BCUT2D eigenvalue weighted by molar-refractivity contribution is 5.94. The average Bonchev–Trinajstić information content (AvgIpc) is 3.28. The van der Waals surface area contributed by atoms with Crippen molar-refractivity contribution in [1.82, 2.24) is 15.1 Å². The van der Waals surface area contributed by atoms with Crippen LogP contribution in [0.15, 0.2) is 22.6 Å². The van der Waals surface area contributed by atoms with E-state index < -0.39 is 11.4 Å². The summed E-state index contributed by atoms with van der Waals surface area (Å²) in [4.78, 5) is 26.1. The van der Waals surface area contributed by atoms with E-state index in [0.717, 1.165) is 18.6 Å². The number of aryl methyl sites for hydroxylation is 1. The number of carboxylic acids is 1. The number of amides is 1. The zero-order chi connectivity index (χ0) is 16.9. The van der Waals surface area contributed by atoms with Gasteiger partial charge in [-0.3, -0.25) is 14.7 Å². The number of H-pyrrole nitrogens is 1. The molecule has 1 aliphatic carbocycles. The lowest BCUT2D eigenvalue weighted by Gasteiger charge is -2.22. The first-order valence-electron chi connectivity index (χ1n) is 8.14. The van der Waals surface area contributed by atoms with Crippen LogP contribution in [0.1, 0.15) is 35.5 Å². The van der Waals surface area contributed by atoms with Crippen LogP contribution >= 0.6 is 0 Å². The van der Waals surface area contributed by atoms with Gasteiger partial charge in [-0.05, 0) is 37.8 Å². The number of hydrogen-bond acceptors (Lipinski definition) is 4. The van der Waals surface area contributed by atoms with Gasteiger partial charge < -0.3 is 14.4 Å². The number of aliphatic carboxylic acids is 1. The van der Waals surface area contributed by atoms with Gasteiger partial charge in [0.25, 0.3) is 5.91 Å². The number of carbonyl (C=O) groups excluding carboxylic acids is 1. The molecule has 2 aromatic heterocycles. The minimum Gasteiger partial charge on any atom is -0.481 e. The molecule has 1 saturated heterocycles. The number of carboxylic acid groups (broad SMARTS) is 1. The summed E-state index contributed by atoms with van der Waals surface area (Å²) in [5, 5.41) is 16.5. The molecule has 1 amide bonds. The van der Waals surface area contributed by atoms with Crippen LogP contribution in [-0.4, -0.2) is 45.2 Å². The number of carbonyl (C=O) groups is 2. The Hall–Kier alpha value is -2.57. The first-order valence-corrected chi connectivity index (χ1v) is 8.14. The van der Waals surface area contributed by atoms with Gasteiger partial charge in [0, 0.05) is 19.2 Å². The number of fused-ring (bicyclic) bond motifs is 1. The van der Waals surface area contributed by atoms with E-state index in [1.54, 1.807) is 11.0 Å². The number of hydrogen-bond donors (Lipinski definition) is 2. The number of rotatable bonds is 3. The number of furan rings is 1. The van der Waals surface area contributed by atoms with Crippen LogP contribution in [0.3, 0.4) is 0 Å². The number of likely N-dealkylation sites (tertiary alicyclic amines) is 1. The van der Waals surface area contributed by atoms with E-state index in [-0.39, 0.29) is 18.4 Å². The molecule has 7 nitrogen and oxygen atoms in total. The quantitative estimate of drug-likeness (QED) is 0.900. The van der Waals surface area contributed by atoms with Gasteiger partial charge in [0.05, 0.1) is 5.41 Å². The van der Waals surface area contributed by atoms with Gasteiger partial charge in [0.2, 0.25) is 0 Å². The summed E-state index contributed by atoms with van der Waals surface area (Å²) in [6, 6.07) is 5.31. The summed E-state index contributed by atoms with van der Waals surface area (Å²) < 4.78 is 5.52. The molecular formula is C17H19N3O4. The fourth-order valence-corrected chi connectivity index (χ4v) is 4.09. The average molecular weight is 329 g/mol. The van der Waals surface area contributed by atoms with Crippen molar-refractivity contribution in [2.75, 3.05) is 13.1 Å². The number of aromatic nitrogens is 2. The lowest BCUT2D eigenvalue weighted by atomic mass is 9.81. The van der Waals surface area contributed by atoms with Gasteiger partial charge in [-0.1, -0.05) is 6.42 Å². The fourth-order valence-electron chi connectivity index (χ4n) is 4.09. The maximum atomic E-state index is 12.7. The van der Waals surface area contributed by atoms with E-state index in [1.165, 1.54) is 0 Å². The molecule has 0 radical (unpaired) electrons. The van der Waals surface area contributed by atoms with E-state index in [9.17, 15) is 14.7 Å². The fraction of sp³-hybridized carbons (Fsp3) is 0.471. The maximum Gasteiger partial charge on any atom is 0.311 e. The first kappa shape index (κ1) is 15.0. The SMILES string of the molecule is Cc1ccc(-c2cc(C(=O)N3C[C@@H]4CCC[C@@]4(C(=O)O)C3)n[nH]2)o1. The highest BCUT2D eigenvalue weighted by Gasteiger charge is 2.56. The van der Waals surface area contributed by atoms with Crippen molar-refractivity contribution in [2.24, 2.45) is 11.3 Å². The standard InChI is InChI=1S/C17H19N3O4/c1-10-4-5-14(24-10)12-7-13(19-18-12)15(21)20-8-11-3-2-6-17(11,9-20)16(22)23/h4-5,7,11H,2-3,6,8-9H2,1H3,(H,18,19)(H,22,23)/t11-,17+/m0/s1. The smallest absolute Gasteiger partial charge is 0.311 e. The van der Waals surface area contributed by atoms with Crippen molar-refractivity contribution in [3.8, 4) is 11.5 Å². The molecule has 2 N–H and O–H groups in total. The number of aromatic amines is 1. The molecule has 2 aliphatic rings. The van der Waals surface area contributed by atoms with Crippen LogP contribution < -0.4 is 0 Å². The predicted molar refractivity (Wildman–Crippen MR) is 84.3 cm³/mol. The Bertz CT molecular complexity index is 808. The van der Waals surface area contributed by atoms with E-state index in [2.05, 4.69) is 10.2 Å². The molecule has 7 heteroatoms. The van der Waals surface area contributed by atoms with Crippen LogP contribution in [0.2, 0.25) is 0 Å². The molecule has 0 unspecified atom stereocenters. The number of nitrogens with zero attached hydrogens (tertiary/aromatic N) is 2. The molecule has 0 aromatic carbocycles. The minimum atomic E-state index is -0.783. The van der Waals surface area contributed by atoms with Gasteiger partial charge in [-0.25, -0.2) is 0 Å². The van der Waals surface area contributed by atoms with Crippen molar-refractivity contribution in [3.05, 3.63) is 29.7 Å². The molecule has 2 atom stereocenters. The summed E-state index contributed by atoms with van der Waals surface area (Å²) in [5.41, 5.74) is 0.158. The van der Waals surface area contributed by atoms with Gasteiger partial charge in [-0.2, -0.15) is 5.10 Å². The number of nitrogens with one attached hydrogen (secondary N) is 1. The normalized spacial score (nSPS) is 25.9. The molecule has 0 spiro atoms. The Kier molecular flexibility index (Phi) is 3.26. The Morgan fingerprint density at radius 3 is 2.96 bits per heavy atom. The van der Waals surface area contributed by atoms with E-state index in [1.807, 2.05) is 19.1 Å². The molecule has 126 valence electrons. The Morgan fingerprint density at radius 2 is 2.29 bits per heavy atom. The second kappa shape index (κ2) is 5.22. The molecular weight excluding hydrogens is 310 g/mol. The largest absolute Gasteiger partial charge is 0.481 e. The lowest BCUT2D eigenvalue weighted by Crippen LogP contribution is -2.37. The monoisotopic (exact) mass is 329 g/mol. The highest BCUT2D eigenvalue weighted by atomic mass is 16.4. The highest BCUT2D eigenvalue weighted by Crippen LogP contribution is 2.49. The van der Waals surface area contributed by atoms with E-state index >= 15 is 0 Å². The van der Waals surface area contributed by atoms with Gasteiger partial charge in [-0.15, -0.1) is 0 Å². The molecule has 2 fully saturated rings. The molecule has 1 aliphatic heterocycles. The molecule has 0 bridgehead atoms. The Balaban J connectivity index is 1.55. The molecule has 3 heterocycles. The summed E-state index contributed by atoms with van der Waals surface area (Å²) in [6.07, 6.45) is 2.44. The minimum absolute atomic E-state index is 0.0464. The summed E-state index contributed by atoms with van der Waals surface area (Å²) >= 11 is 0. The molecule has 4 rings (SSSR count). The molecule has 2 aromatic rings. The van der Waals surface area contributed by atoms with Crippen molar-refractivity contribution in [1.29, 1.82) is 0 Å².